The maximum absolute atomic E-state index is 12.5. The molecule has 0 aromatic carbocycles. The van der Waals surface area contributed by atoms with Gasteiger partial charge in [-0.15, -0.1) is 0 Å². The van der Waals surface area contributed by atoms with Crippen LogP contribution in [0.25, 0.3) is 0 Å². The van der Waals surface area contributed by atoms with Gasteiger partial charge in [0.1, 0.15) is 12.6 Å². The molecule has 0 bridgehead atoms. The number of carbonyl (C=O) groups excluding carboxylic acids is 1. The van der Waals surface area contributed by atoms with E-state index in [0.717, 1.165) is 22.4 Å². The molecule has 0 aromatic heterocycles. The van der Waals surface area contributed by atoms with Crippen LogP contribution in [0, 0.1) is 0 Å². The molecule has 124 valence electrons. The van der Waals surface area contributed by atoms with Crippen molar-refractivity contribution in [2.24, 2.45) is 0 Å². The molecule has 1 aliphatic heterocycles. The summed E-state index contributed by atoms with van der Waals surface area (Å²) in [6, 6.07) is 0. The fourth-order valence-electron chi connectivity index (χ4n) is 2.38. The van der Waals surface area contributed by atoms with Gasteiger partial charge in [0.05, 0.1) is 5.57 Å². The third kappa shape index (κ3) is 4.41. The molecule has 0 unspecified atom stereocenters. The molecular weight excluding hydrogens is 321 g/mol. The van der Waals surface area contributed by atoms with E-state index in [-0.39, 0.29) is 5.91 Å². The molecule has 0 fully saturated rings. The number of hydrogen-bond acceptors (Lipinski definition) is 1. The van der Waals surface area contributed by atoms with E-state index in [0.29, 0.717) is 0 Å². The van der Waals surface area contributed by atoms with Crippen LogP contribution in [-0.2, 0) is 4.79 Å². The third-order valence-corrected chi connectivity index (χ3v) is 3.34. The number of carbonyl (C=O) groups is 1. The fourth-order valence-corrected chi connectivity index (χ4v) is 2.38. The average Bonchev–Trinajstić information content (AvgIpc) is 2.79. The first-order chi connectivity index (χ1) is 11.3. The number of rotatable bonds is 0. The number of hydrogen-bond donors (Lipinski definition) is 0. The van der Waals surface area contributed by atoms with Crippen molar-refractivity contribution in [1.82, 2.24) is 0 Å². The molecule has 0 N–H and O–H groups in total. The van der Waals surface area contributed by atoms with Gasteiger partial charge in [-0.2, -0.15) is 4.58 Å². The minimum Gasteiger partial charge on any atom is -0.418 e. The van der Waals surface area contributed by atoms with Gasteiger partial charge < -0.3 is 17.3 Å². The maximum Gasteiger partial charge on any atom is 0.673 e. The molecule has 3 rings (SSSR count). The van der Waals surface area contributed by atoms with Crippen molar-refractivity contribution in [3.8, 4) is 0 Å². The predicted molar refractivity (Wildman–Crippen MR) is 87.2 cm³/mol. The Morgan fingerprint density at radius 3 is 1.92 bits per heavy atom. The second kappa shape index (κ2) is 7.25. The smallest absolute Gasteiger partial charge is 0.418 e. The SMILES string of the molecule is C[N+]1=C2C=CC=CC=C2C(=C2C=CC=CC=C2)C1=O.F[B-](F)(F)F. The van der Waals surface area contributed by atoms with Gasteiger partial charge in [0.2, 0.25) is 5.71 Å². The molecule has 0 saturated carbocycles. The van der Waals surface area contributed by atoms with Crippen molar-refractivity contribution in [1.29, 1.82) is 0 Å². The van der Waals surface area contributed by atoms with Gasteiger partial charge >= 0.3 is 13.2 Å². The number of fused-ring (bicyclic) bond motifs is 1. The van der Waals surface area contributed by atoms with Gasteiger partial charge in [0.25, 0.3) is 0 Å². The van der Waals surface area contributed by atoms with E-state index in [4.69, 9.17) is 0 Å². The summed E-state index contributed by atoms with van der Waals surface area (Å²) in [6.07, 6.45) is 21.6. The second-order valence-electron chi connectivity index (χ2n) is 5.00. The highest BCUT2D eigenvalue weighted by Crippen LogP contribution is 2.27. The van der Waals surface area contributed by atoms with E-state index >= 15 is 0 Å². The molecular formula is C17H14BF4NO. The molecule has 0 atom stereocenters. The van der Waals surface area contributed by atoms with Crippen molar-refractivity contribution in [3.05, 3.63) is 83.6 Å². The van der Waals surface area contributed by atoms with Crippen molar-refractivity contribution in [2.75, 3.05) is 7.05 Å². The molecule has 2 nitrogen and oxygen atoms in total. The van der Waals surface area contributed by atoms with E-state index < -0.39 is 7.25 Å². The number of halogens is 4. The Morgan fingerprint density at radius 1 is 0.833 bits per heavy atom. The average molecular weight is 335 g/mol. The summed E-state index contributed by atoms with van der Waals surface area (Å²) in [5.74, 6) is 0.0485. The van der Waals surface area contributed by atoms with E-state index in [1.54, 1.807) is 4.58 Å². The standard InChI is InChI=1S/C17H14NO.BF4/c1-18-15-12-8-4-7-11-14(15)16(17(18)19)13-9-5-2-3-6-10-13;2-1(3,4)5/h2-12H,1H3;/q+1;-1. The Labute approximate surface area is 137 Å². The molecule has 0 spiro atoms. The highest BCUT2D eigenvalue weighted by Gasteiger charge is 2.38. The molecule has 1 amide bonds. The van der Waals surface area contributed by atoms with Crippen LogP contribution in [0.15, 0.2) is 83.6 Å². The molecule has 24 heavy (non-hydrogen) atoms. The van der Waals surface area contributed by atoms with Gasteiger partial charge in [0, 0.05) is 6.08 Å². The van der Waals surface area contributed by atoms with Crippen LogP contribution in [0.3, 0.4) is 0 Å². The number of amides is 1. The van der Waals surface area contributed by atoms with E-state index in [1.165, 1.54) is 0 Å². The minimum absolute atomic E-state index is 0.0485. The van der Waals surface area contributed by atoms with Crippen LogP contribution in [0.1, 0.15) is 0 Å². The molecule has 7 heteroatoms. The van der Waals surface area contributed by atoms with E-state index in [1.807, 2.05) is 73.9 Å². The lowest BCUT2D eigenvalue weighted by Gasteiger charge is -1.98. The van der Waals surface area contributed by atoms with Gasteiger partial charge in [-0.3, -0.25) is 0 Å². The summed E-state index contributed by atoms with van der Waals surface area (Å²) in [7, 11) is -4.18. The lowest BCUT2D eigenvalue weighted by atomic mass is 9.97. The number of likely N-dealkylation sites (N-methyl/N-ethyl adjacent to an activating group) is 1. The van der Waals surface area contributed by atoms with Crippen LogP contribution in [0.2, 0.25) is 0 Å². The minimum atomic E-state index is -6.00. The van der Waals surface area contributed by atoms with Crippen molar-refractivity contribution < 1.29 is 26.6 Å². The van der Waals surface area contributed by atoms with Crippen LogP contribution in [-0.4, -0.2) is 30.5 Å². The van der Waals surface area contributed by atoms with Crippen LogP contribution >= 0.6 is 0 Å². The second-order valence-corrected chi connectivity index (χ2v) is 5.00. The van der Waals surface area contributed by atoms with E-state index in [2.05, 4.69) is 0 Å². The monoisotopic (exact) mass is 335 g/mol. The lowest BCUT2D eigenvalue weighted by Crippen LogP contribution is -2.14. The largest absolute Gasteiger partial charge is 0.673 e. The summed E-state index contributed by atoms with van der Waals surface area (Å²) < 4.78 is 40.7. The molecule has 0 aromatic rings. The Morgan fingerprint density at radius 2 is 1.33 bits per heavy atom. The van der Waals surface area contributed by atoms with Crippen LogP contribution in [0.5, 0.6) is 0 Å². The number of nitrogens with zero attached hydrogens (tertiary/aromatic N) is 1. The Bertz CT molecular complexity index is 766. The molecule has 0 saturated heterocycles. The fraction of sp³-hybridized carbons (Fsp3) is 0.0588. The first kappa shape index (κ1) is 17.7. The summed E-state index contributed by atoms with van der Waals surface area (Å²) >= 11 is 0. The lowest BCUT2D eigenvalue weighted by molar-refractivity contribution is -0.408. The van der Waals surface area contributed by atoms with E-state index in [9.17, 15) is 22.1 Å². The zero-order valence-corrected chi connectivity index (χ0v) is 12.8. The molecule has 2 aliphatic carbocycles. The quantitative estimate of drug-likeness (QED) is 0.284. The van der Waals surface area contributed by atoms with Gasteiger partial charge in [-0.1, -0.05) is 54.7 Å². The summed E-state index contributed by atoms with van der Waals surface area (Å²) in [6.45, 7) is 0. The van der Waals surface area contributed by atoms with Gasteiger partial charge in [-0.05, 0) is 11.6 Å². The highest BCUT2D eigenvalue weighted by atomic mass is 19.5. The number of allylic oxidation sites excluding steroid dienone is 12. The Balaban J connectivity index is 0.000000368. The first-order valence-corrected chi connectivity index (χ1v) is 7.13. The molecule has 1 heterocycles. The van der Waals surface area contributed by atoms with Gasteiger partial charge in [0.15, 0.2) is 0 Å². The van der Waals surface area contributed by atoms with Crippen LogP contribution < -0.4 is 0 Å². The normalized spacial score (nSPS) is 19.0. The highest BCUT2D eigenvalue weighted by molar-refractivity contribution is 6.50. The maximum atomic E-state index is 12.5. The van der Waals surface area contributed by atoms with Crippen molar-refractivity contribution in [2.45, 2.75) is 0 Å². The third-order valence-electron chi connectivity index (χ3n) is 3.34. The first-order valence-electron chi connectivity index (χ1n) is 7.13. The zero-order valence-electron chi connectivity index (χ0n) is 12.8. The summed E-state index contributed by atoms with van der Waals surface area (Å²) in [5.41, 5.74) is 3.66. The van der Waals surface area contributed by atoms with Crippen molar-refractivity contribution in [3.63, 3.8) is 0 Å². The predicted octanol–water partition coefficient (Wildman–Crippen LogP) is 3.94. The molecule has 3 aliphatic rings. The topological polar surface area (TPSA) is 20.1 Å². The summed E-state index contributed by atoms with van der Waals surface area (Å²) in [4.78, 5) is 12.5. The summed E-state index contributed by atoms with van der Waals surface area (Å²) in [5, 5.41) is 0. The van der Waals surface area contributed by atoms with Crippen molar-refractivity contribution >= 4 is 18.9 Å². The Kier molecular flexibility index (Phi) is 5.33. The van der Waals surface area contributed by atoms with Gasteiger partial charge in [-0.25, -0.2) is 4.79 Å². The Hall–Kier alpha value is -2.70. The van der Waals surface area contributed by atoms with Crippen LogP contribution in [0.4, 0.5) is 17.3 Å². The zero-order chi connectivity index (χ0) is 17.7. The molecule has 0 radical (unpaired) electrons.